The lowest BCUT2D eigenvalue weighted by molar-refractivity contribution is 0.140. The number of rotatable bonds is 8. The maximum atomic E-state index is 4.82. The zero-order chi connectivity index (χ0) is 17.9. The highest BCUT2D eigenvalue weighted by Gasteiger charge is 2.16. The molecule has 2 aliphatic heterocycles. The maximum absolute atomic E-state index is 4.82. The van der Waals surface area contributed by atoms with Crippen molar-refractivity contribution in [2.24, 2.45) is 10.9 Å². The van der Waals surface area contributed by atoms with Crippen LogP contribution in [-0.4, -0.2) is 99.7 Å². The molecule has 2 heterocycles. The molecule has 6 nitrogen and oxygen atoms in total. The standard InChI is InChI=1S/C19H40N6.HI/c1-4-20-19(21-8-11-24-9-6-5-7-10-24)22-16-18(2)17-25-14-12-23(3)13-15-25;/h18H,4-17H2,1-3H3,(H2,20,21,22);1H. The van der Waals surface area contributed by atoms with E-state index in [-0.39, 0.29) is 24.0 Å². The maximum Gasteiger partial charge on any atom is 0.191 e. The van der Waals surface area contributed by atoms with Crippen molar-refractivity contribution in [1.82, 2.24) is 25.3 Å². The molecule has 154 valence electrons. The van der Waals surface area contributed by atoms with Gasteiger partial charge in [-0.15, -0.1) is 24.0 Å². The Hall–Kier alpha value is -0.120. The summed E-state index contributed by atoms with van der Waals surface area (Å²) in [4.78, 5) is 12.4. The van der Waals surface area contributed by atoms with Crippen molar-refractivity contribution < 1.29 is 0 Å². The summed E-state index contributed by atoms with van der Waals surface area (Å²) in [6.45, 7) is 16.8. The molecule has 0 aromatic heterocycles. The summed E-state index contributed by atoms with van der Waals surface area (Å²) in [7, 11) is 2.21. The van der Waals surface area contributed by atoms with Crippen LogP contribution in [0.4, 0.5) is 0 Å². The first-order valence-corrected chi connectivity index (χ1v) is 10.3. The lowest BCUT2D eigenvalue weighted by Gasteiger charge is -2.33. The minimum atomic E-state index is 0. The lowest BCUT2D eigenvalue weighted by atomic mass is 10.1. The second-order valence-electron chi connectivity index (χ2n) is 7.76. The van der Waals surface area contributed by atoms with Gasteiger partial charge >= 0.3 is 0 Å². The van der Waals surface area contributed by atoms with Crippen LogP contribution in [0.25, 0.3) is 0 Å². The molecule has 2 aliphatic rings. The Labute approximate surface area is 178 Å². The molecule has 0 aromatic carbocycles. The molecular weight excluding hydrogens is 439 g/mol. The molecule has 2 N–H and O–H groups in total. The molecule has 2 rings (SSSR count). The van der Waals surface area contributed by atoms with Gasteiger partial charge in [0.2, 0.25) is 0 Å². The fourth-order valence-corrected chi connectivity index (χ4v) is 3.63. The fraction of sp³-hybridized carbons (Fsp3) is 0.947. The van der Waals surface area contributed by atoms with E-state index >= 15 is 0 Å². The zero-order valence-electron chi connectivity index (χ0n) is 17.2. The number of guanidine groups is 1. The number of nitrogens with one attached hydrogen (secondary N) is 2. The highest BCUT2D eigenvalue weighted by Crippen LogP contribution is 2.07. The van der Waals surface area contributed by atoms with E-state index in [1.807, 2.05) is 0 Å². The van der Waals surface area contributed by atoms with Gasteiger partial charge in [-0.25, -0.2) is 0 Å². The molecule has 0 spiro atoms. The minimum Gasteiger partial charge on any atom is -0.357 e. The van der Waals surface area contributed by atoms with E-state index in [0.717, 1.165) is 38.7 Å². The van der Waals surface area contributed by atoms with E-state index in [4.69, 9.17) is 4.99 Å². The Morgan fingerprint density at radius 3 is 2.31 bits per heavy atom. The highest BCUT2D eigenvalue weighted by atomic mass is 127. The zero-order valence-corrected chi connectivity index (χ0v) is 19.5. The molecule has 0 amide bonds. The van der Waals surface area contributed by atoms with Crippen molar-refractivity contribution in [1.29, 1.82) is 0 Å². The predicted octanol–water partition coefficient (Wildman–Crippen LogP) is 1.53. The average Bonchev–Trinajstić information content (AvgIpc) is 2.62. The van der Waals surface area contributed by atoms with Gasteiger partial charge in [-0.2, -0.15) is 0 Å². The summed E-state index contributed by atoms with van der Waals surface area (Å²) in [5.74, 6) is 1.57. The van der Waals surface area contributed by atoms with Crippen LogP contribution in [0.1, 0.15) is 33.1 Å². The van der Waals surface area contributed by atoms with E-state index in [0.29, 0.717) is 5.92 Å². The number of piperazine rings is 1. The number of hydrogen-bond donors (Lipinski definition) is 2. The van der Waals surface area contributed by atoms with Crippen LogP contribution in [-0.2, 0) is 0 Å². The van der Waals surface area contributed by atoms with Gasteiger partial charge in [0.25, 0.3) is 0 Å². The van der Waals surface area contributed by atoms with Crippen LogP contribution in [0.5, 0.6) is 0 Å². The van der Waals surface area contributed by atoms with E-state index in [9.17, 15) is 0 Å². The van der Waals surface area contributed by atoms with Gasteiger partial charge in [0.15, 0.2) is 5.96 Å². The first kappa shape index (κ1) is 23.9. The summed E-state index contributed by atoms with van der Waals surface area (Å²) >= 11 is 0. The van der Waals surface area contributed by atoms with E-state index < -0.39 is 0 Å². The van der Waals surface area contributed by atoms with Gasteiger partial charge in [0, 0.05) is 58.9 Å². The van der Waals surface area contributed by atoms with E-state index in [1.54, 1.807) is 0 Å². The SMILES string of the molecule is CCNC(=NCC(C)CN1CCN(C)CC1)NCCN1CCCCC1.I. The quantitative estimate of drug-likeness (QED) is 0.314. The molecule has 2 fully saturated rings. The molecule has 2 saturated heterocycles. The number of likely N-dealkylation sites (tertiary alicyclic amines) is 1. The first-order chi connectivity index (χ1) is 12.2. The van der Waals surface area contributed by atoms with E-state index in [1.165, 1.54) is 58.5 Å². The van der Waals surface area contributed by atoms with Crippen molar-refractivity contribution in [3.8, 4) is 0 Å². The molecule has 0 aromatic rings. The van der Waals surface area contributed by atoms with Crippen LogP contribution in [0.15, 0.2) is 4.99 Å². The number of piperidine rings is 1. The highest BCUT2D eigenvalue weighted by molar-refractivity contribution is 14.0. The molecule has 7 heteroatoms. The lowest BCUT2D eigenvalue weighted by Crippen LogP contribution is -2.46. The van der Waals surface area contributed by atoms with Crippen molar-refractivity contribution in [2.75, 3.05) is 79.0 Å². The Morgan fingerprint density at radius 1 is 0.962 bits per heavy atom. The molecule has 0 aliphatic carbocycles. The largest absolute Gasteiger partial charge is 0.357 e. The second kappa shape index (κ2) is 14.0. The van der Waals surface area contributed by atoms with Crippen LogP contribution < -0.4 is 10.6 Å². The predicted molar refractivity (Wildman–Crippen MR) is 123 cm³/mol. The van der Waals surface area contributed by atoms with Crippen molar-refractivity contribution in [2.45, 2.75) is 33.1 Å². The third-order valence-corrected chi connectivity index (χ3v) is 5.24. The van der Waals surface area contributed by atoms with Gasteiger partial charge in [0.1, 0.15) is 0 Å². The van der Waals surface area contributed by atoms with Crippen molar-refractivity contribution in [3.05, 3.63) is 0 Å². The van der Waals surface area contributed by atoms with Gasteiger partial charge in [-0.05, 0) is 45.8 Å². The molecule has 0 radical (unpaired) electrons. The summed E-state index contributed by atoms with van der Waals surface area (Å²) in [6, 6.07) is 0. The Bertz CT molecular complexity index is 378. The molecule has 1 unspecified atom stereocenters. The number of likely N-dealkylation sites (N-methyl/N-ethyl adjacent to an activating group) is 1. The smallest absolute Gasteiger partial charge is 0.191 e. The third kappa shape index (κ3) is 9.71. The summed E-state index contributed by atoms with van der Waals surface area (Å²) in [5, 5.41) is 6.89. The summed E-state index contributed by atoms with van der Waals surface area (Å²) in [5.41, 5.74) is 0. The molecule has 1 atom stereocenters. The summed E-state index contributed by atoms with van der Waals surface area (Å²) < 4.78 is 0. The summed E-state index contributed by atoms with van der Waals surface area (Å²) in [6.07, 6.45) is 4.12. The van der Waals surface area contributed by atoms with Gasteiger partial charge in [0.05, 0.1) is 0 Å². The minimum absolute atomic E-state index is 0. The van der Waals surface area contributed by atoms with Crippen molar-refractivity contribution >= 4 is 29.9 Å². The number of nitrogens with zero attached hydrogens (tertiary/aromatic N) is 4. The monoisotopic (exact) mass is 480 g/mol. The molecule has 0 saturated carbocycles. The van der Waals surface area contributed by atoms with Crippen LogP contribution in [0.2, 0.25) is 0 Å². The fourth-order valence-electron chi connectivity index (χ4n) is 3.63. The Morgan fingerprint density at radius 2 is 1.65 bits per heavy atom. The number of halogens is 1. The second-order valence-corrected chi connectivity index (χ2v) is 7.76. The normalized spacial score (nSPS) is 21.9. The van der Waals surface area contributed by atoms with Gasteiger partial charge in [-0.3, -0.25) is 4.99 Å². The molecule has 0 bridgehead atoms. The Balaban J connectivity index is 0.00000338. The van der Waals surface area contributed by atoms with Crippen LogP contribution >= 0.6 is 24.0 Å². The third-order valence-electron chi connectivity index (χ3n) is 5.24. The number of hydrogen-bond acceptors (Lipinski definition) is 4. The van der Waals surface area contributed by atoms with E-state index in [2.05, 4.69) is 46.2 Å². The average molecular weight is 480 g/mol. The number of aliphatic imine (C=N–C) groups is 1. The van der Waals surface area contributed by atoms with Crippen LogP contribution in [0.3, 0.4) is 0 Å². The van der Waals surface area contributed by atoms with Gasteiger partial charge < -0.3 is 25.3 Å². The Kier molecular flexibility index (Phi) is 12.8. The molecular formula is C19H41IN6. The van der Waals surface area contributed by atoms with Gasteiger partial charge in [-0.1, -0.05) is 13.3 Å². The first-order valence-electron chi connectivity index (χ1n) is 10.3. The van der Waals surface area contributed by atoms with Crippen molar-refractivity contribution in [3.63, 3.8) is 0 Å². The topological polar surface area (TPSA) is 46.1 Å². The van der Waals surface area contributed by atoms with Crippen LogP contribution in [0, 0.1) is 5.92 Å². The molecule has 26 heavy (non-hydrogen) atoms.